The molecule has 0 saturated carbocycles. The second-order valence-electron chi connectivity index (χ2n) is 4.73. The van der Waals surface area contributed by atoms with Crippen LogP contribution in [0, 0.1) is 0 Å². The van der Waals surface area contributed by atoms with Gasteiger partial charge in [0.15, 0.2) is 0 Å². The van der Waals surface area contributed by atoms with Crippen molar-refractivity contribution in [1.82, 2.24) is 15.1 Å². The van der Waals surface area contributed by atoms with E-state index in [-0.39, 0.29) is 10.6 Å². The zero-order valence-electron chi connectivity index (χ0n) is 11.1. The molecule has 5 nitrogen and oxygen atoms in total. The molecule has 6 heteroatoms. The van der Waals surface area contributed by atoms with Crippen LogP contribution in [-0.4, -0.2) is 22.9 Å². The first-order valence-corrected chi connectivity index (χ1v) is 6.84. The van der Waals surface area contributed by atoms with Gasteiger partial charge in [-0.25, -0.2) is 4.68 Å². The monoisotopic (exact) mass is 290 g/mol. The molecule has 104 valence electrons. The highest BCUT2D eigenvalue weighted by Gasteiger charge is 2.20. The molecule has 2 aromatic rings. The summed E-state index contributed by atoms with van der Waals surface area (Å²) in [4.78, 5) is 14.0. The molecule has 0 unspecified atom stereocenters. The SMILES string of the molecule is Cn1ncc(N2CCNCc3ccccc32)c(Cl)c1=O. The first kappa shape index (κ1) is 13.1. The van der Waals surface area contributed by atoms with Crippen molar-refractivity contribution in [3.8, 4) is 0 Å². The van der Waals surface area contributed by atoms with E-state index >= 15 is 0 Å². The van der Waals surface area contributed by atoms with E-state index in [9.17, 15) is 4.79 Å². The van der Waals surface area contributed by atoms with Crippen molar-refractivity contribution < 1.29 is 0 Å². The molecule has 1 N–H and O–H groups in total. The number of nitrogens with zero attached hydrogens (tertiary/aromatic N) is 3. The van der Waals surface area contributed by atoms with E-state index in [2.05, 4.69) is 16.5 Å². The highest BCUT2D eigenvalue weighted by Crippen LogP contribution is 2.32. The fourth-order valence-electron chi connectivity index (χ4n) is 2.40. The summed E-state index contributed by atoms with van der Waals surface area (Å²) < 4.78 is 1.24. The molecule has 1 aliphatic rings. The number of rotatable bonds is 1. The molecule has 0 spiro atoms. The van der Waals surface area contributed by atoms with Gasteiger partial charge in [0.25, 0.3) is 5.56 Å². The van der Waals surface area contributed by atoms with Gasteiger partial charge in [-0.2, -0.15) is 5.10 Å². The van der Waals surface area contributed by atoms with Gasteiger partial charge in [-0.15, -0.1) is 0 Å². The second kappa shape index (κ2) is 5.26. The Kier molecular flexibility index (Phi) is 3.46. The Morgan fingerprint density at radius 3 is 2.95 bits per heavy atom. The van der Waals surface area contributed by atoms with Crippen LogP contribution in [0.1, 0.15) is 5.56 Å². The Balaban J connectivity index is 2.15. The Morgan fingerprint density at radius 1 is 1.30 bits per heavy atom. The van der Waals surface area contributed by atoms with Crippen molar-refractivity contribution in [2.24, 2.45) is 7.05 Å². The van der Waals surface area contributed by atoms with Crippen LogP contribution in [0.5, 0.6) is 0 Å². The van der Waals surface area contributed by atoms with Gasteiger partial charge in [-0.1, -0.05) is 29.8 Å². The number of anilines is 2. The lowest BCUT2D eigenvalue weighted by atomic mass is 10.1. The third kappa shape index (κ3) is 2.19. The molecule has 2 heterocycles. The maximum atomic E-state index is 12.0. The van der Waals surface area contributed by atoms with Crippen molar-refractivity contribution in [1.29, 1.82) is 0 Å². The molecular weight excluding hydrogens is 276 g/mol. The molecule has 0 bridgehead atoms. The smallest absolute Gasteiger partial charge is 0.287 e. The van der Waals surface area contributed by atoms with E-state index in [1.807, 2.05) is 23.1 Å². The number of para-hydroxylation sites is 1. The largest absolute Gasteiger partial charge is 0.337 e. The Hall–Kier alpha value is -1.85. The van der Waals surface area contributed by atoms with Crippen LogP contribution in [0.25, 0.3) is 0 Å². The van der Waals surface area contributed by atoms with Crippen LogP contribution in [0.3, 0.4) is 0 Å². The summed E-state index contributed by atoms with van der Waals surface area (Å²) >= 11 is 6.22. The number of hydrogen-bond acceptors (Lipinski definition) is 4. The first-order valence-electron chi connectivity index (χ1n) is 6.46. The summed E-state index contributed by atoms with van der Waals surface area (Å²) in [5, 5.41) is 7.64. The minimum Gasteiger partial charge on any atom is -0.337 e. The lowest BCUT2D eigenvalue weighted by Gasteiger charge is -2.25. The molecule has 0 atom stereocenters. The number of aryl methyl sites for hydroxylation is 1. The molecule has 0 radical (unpaired) electrons. The molecule has 0 fully saturated rings. The normalized spacial score (nSPS) is 14.8. The topological polar surface area (TPSA) is 50.2 Å². The summed E-state index contributed by atoms with van der Waals surface area (Å²) in [6.45, 7) is 2.37. The quantitative estimate of drug-likeness (QED) is 0.868. The number of nitrogens with one attached hydrogen (secondary N) is 1. The Bertz CT molecular complexity index is 698. The van der Waals surface area contributed by atoms with Crippen LogP contribution >= 0.6 is 11.6 Å². The van der Waals surface area contributed by atoms with Crippen LogP contribution < -0.4 is 15.8 Å². The molecule has 1 aromatic heterocycles. The van der Waals surface area contributed by atoms with Crippen molar-refractivity contribution in [2.75, 3.05) is 18.0 Å². The third-order valence-corrected chi connectivity index (χ3v) is 3.82. The van der Waals surface area contributed by atoms with Crippen LogP contribution in [0.15, 0.2) is 35.3 Å². The molecule has 3 rings (SSSR count). The highest BCUT2D eigenvalue weighted by atomic mass is 35.5. The summed E-state index contributed by atoms with van der Waals surface area (Å²) in [6, 6.07) is 8.10. The predicted octanol–water partition coefficient (Wildman–Crippen LogP) is 1.67. The second-order valence-corrected chi connectivity index (χ2v) is 5.11. The zero-order valence-corrected chi connectivity index (χ0v) is 11.9. The third-order valence-electron chi connectivity index (χ3n) is 3.46. The first-order chi connectivity index (χ1) is 9.68. The van der Waals surface area contributed by atoms with Crippen LogP contribution in [0.2, 0.25) is 5.02 Å². The van der Waals surface area contributed by atoms with Gasteiger partial charge in [0, 0.05) is 32.4 Å². The summed E-state index contributed by atoms with van der Waals surface area (Å²) in [5.74, 6) is 0. The zero-order chi connectivity index (χ0) is 14.1. The number of hydrogen-bond donors (Lipinski definition) is 1. The fourth-order valence-corrected chi connectivity index (χ4v) is 2.67. The number of halogens is 1. The molecule has 1 aliphatic heterocycles. The molecule has 0 aliphatic carbocycles. The number of aromatic nitrogens is 2. The van der Waals surface area contributed by atoms with Gasteiger partial charge in [0.2, 0.25) is 0 Å². The van der Waals surface area contributed by atoms with Crippen LogP contribution in [0.4, 0.5) is 11.4 Å². The molecule has 0 amide bonds. The van der Waals surface area contributed by atoms with Crippen molar-refractivity contribution in [2.45, 2.75) is 6.54 Å². The molecular formula is C14H15ClN4O. The predicted molar refractivity (Wildman–Crippen MR) is 79.6 cm³/mol. The summed E-state index contributed by atoms with van der Waals surface area (Å²) in [6.07, 6.45) is 1.64. The maximum absolute atomic E-state index is 12.0. The number of fused-ring (bicyclic) bond motifs is 1. The maximum Gasteiger partial charge on any atom is 0.287 e. The Morgan fingerprint density at radius 2 is 2.10 bits per heavy atom. The molecule has 20 heavy (non-hydrogen) atoms. The van der Waals surface area contributed by atoms with Gasteiger partial charge < -0.3 is 10.2 Å². The molecule has 1 aromatic carbocycles. The average Bonchev–Trinajstić information content (AvgIpc) is 2.68. The van der Waals surface area contributed by atoms with Gasteiger partial charge in [0.05, 0.1) is 11.9 Å². The van der Waals surface area contributed by atoms with Crippen molar-refractivity contribution in [3.05, 3.63) is 51.4 Å². The van der Waals surface area contributed by atoms with E-state index in [0.29, 0.717) is 5.69 Å². The van der Waals surface area contributed by atoms with Gasteiger partial charge in [0.1, 0.15) is 5.02 Å². The van der Waals surface area contributed by atoms with E-state index in [4.69, 9.17) is 11.6 Å². The lowest BCUT2D eigenvalue weighted by molar-refractivity contribution is 0.697. The van der Waals surface area contributed by atoms with Crippen molar-refractivity contribution in [3.63, 3.8) is 0 Å². The Labute approximate surface area is 121 Å². The number of benzene rings is 1. The van der Waals surface area contributed by atoms with E-state index < -0.39 is 0 Å². The van der Waals surface area contributed by atoms with Crippen LogP contribution in [-0.2, 0) is 13.6 Å². The van der Waals surface area contributed by atoms with Crippen molar-refractivity contribution >= 4 is 23.0 Å². The average molecular weight is 291 g/mol. The minimum absolute atomic E-state index is 0.208. The van der Waals surface area contributed by atoms with Gasteiger partial charge in [-0.3, -0.25) is 4.79 Å². The summed E-state index contributed by atoms with van der Waals surface area (Å²) in [5.41, 5.74) is 2.63. The highest BCUT2D eigenvalue weighted by molar-refractivity contribution is 6.33. The van der Waals surface area contributed by atoms with E-state index in [1.54, 1.807) is 13.2 Å². The van der Waals surface area contributed by atoms with Gasteiger partial charge in [-0.05, 0) is 11.6 Å². The molecule has 0 saturated heterocycles. The van der Waals surface area contributed by atoms with Gasteiger partial charge >= 0.3 is 0 Å². The fraction of sp³-hybridized carbons (Fsp3) is 0.286. The van der Waals surface area contributed by atoms with E-state index in [0.717, 1.165) is 25.3 Å². The van der Waals surface area contributed by atoms with E-state index in [1.165, 1.54) is 10.2 Å². The summed E-state index contributed by atoms with van der Waals surface area (Å²) in [7, 11) is 1.59. The lowest BCUT2D eigenvalue weighted by Crippen LogP contribution is -2.28. The standard InChI is InChI=1S/C14H15ClN4O/c1-18-14(20)13(15)12(9-17-18)19-7-6-16-8-10-4-2-3-5-11(10)19/h2-5,9,16H,6-8H2,1H3. The minimum atomic E-state index is -0.279.